The lowest BCUT2D eigenvalue weighted by atomic mass is 9.69. The van der Waals surface area contributed by atoms with Crippen LogP contribution in [0.5, 0.6) is 0 Å². The second-order valence-corrected chi connectivity index (χ2v) is 11.6. The smallest absolute Gasteiger partial charge is 0.162 e. The highest BCUT2D eigenvalue weighted by atomic mass is 32.2. The first-order chi connectivity index (χ1) is 15.2. The van der Waals surface area contributed by atoms with Gasteiger partial charge in [-0.1, -0.05) is 32.9 Å². The van der Waals surface area contributed by atoms with Crippen LogP contribution in [0, 0.1) is 23.7 Å². The minimum absolute atomic E-state index is 0.118. The molecule has 0 saturated heterocycles. The summed E-state index contributed by atoms with van der Waals surface area (Å²) in [5, 5.41) is 10.2. The summed E-state index contributed by atoms with van der Waals surface area (Å²) in [6.07, 6.45) is 4.20. The second kappa shape index (κ2) is 8.46. The number of rotatable bonds is 4. The lowest BCUT2D eigenvalue weighted by Crippen LogP contribution is -2.42. The van der Waals surface area contributed by atoms with Crippen LogP contribution in [0.3, 0.4) is 0 Å². The highest BCUT2D eigenvalue weighted by Crippen LogP contribution is 2.52. The van der Waals surface area contributed by atoms with Gasteiger partial charge >= 0.3 is 0 Å². The van der Waals surface area contributed by atoms with Crippen molar-refractivity contribution in [3.05, 3.63) is 69.0 Å². The fourth-order valence-corrected chi connectivity index (χ4v) is 6.78. The summed E-state index contributed by atoms with van der Waals surface area (Å²) in [4.78, 5) is 16.7. The molecule has 0 spiro atoms. The van der Waals surface area contributed by atoms with Crippen LogP contribution in [-0.4, -0.2) is 12.0 Å². The molecule has 2 aromatic rings. The van der Waals surface area contributed by atoms with E-state index in [1.807, 2.05) is 23.3 Å². The molecule has 6 heteroatoms. The predicted molar refractivity (Wildman–Crippen MR) is 134 cm³/mol. The van der Waals surface area contributed by atoms with Crippen molar-refractivity contribution in [2.24, 2.45) is 11.1 Å². The number of ketones is 1. The van der Waals surface area contributed by atoms with Crippen molar-refractivity contribution in [1.29, 1.82) is 5.26 Å². The van der Waals surface area contributed by atoms with Crippen molar-refractivity contribution < 1.29 is 4.79 Å². The van der Waals surface area contributed by atoms with E-state index in [0.717, 1.165) is 39.6 Å². The normalized spacial score (nSPS) is 20.4. The van der Waals surface area contributed by atoms with Gasteiger partial charge in [-0.05, 0) is 60.8 Å². The summed E-state index contributed by atoms with van der Waals surface area (Å²) in [6, 6.07) is 12.8. The number of hydrogen-bond acceptors (Lipinski definition) is 6. The molecule has 2 heterocycles. The third kappa shape index (κ3) is 3.78. The number of allylic oxidation sites excluding steroid dienone is 3. The van der Waals surface area contributed by atoms with Gasteiger partial charge in [0.15, 0.2) is 5.78 Å². The number of benzene rings is 1. The molecule has 0 bridgehead atoms. The largest absolute Gasteiger partial charge is 0.384 e. The van der Waals surface area contributed by atoms with Gasteiger partial charge in [-0.25, -0.2) is 0 Å². The van der Waals surface area contributed by atoms with Crippen molar-refractivity contribution in [1.82, 2.24) is 0 Å². The van der Waals surface area contributed by atoms with Crippen molar-refractivity contribution >= 4 is 34.6 Å². The Balaban J connectivity index is 1.99. The van der Waals surface area contributed by atoms with E-state index in [1.165, 1.54) is 10.4 Å². The standard InChI is InChI=1S/C26H29N3OS2/c1-6-16-7-9-17(10-8-16)29-20-12-26(3,4)13-21(30)23(20)22(19(14-27)24(29)28)18-11-15(2)32-25(18)31-5/h7-11,22H,6,12-13,28H2,1-5H3. The Labute approximate surface area is 198 Å². The maximum atomic E-state index is 13.6. The molecule has 2 aliphatic rings. The van der Waals surface area contributed by atoms with Gasteiger partial charge in [-0.2, -0.15) is 5.26 Å². The zero-order chi connectivity index (χ0) is 23.2. The van der Waals surface area contributed by atoms with Crippen LogP contribution in [0.4, 0.5) is 5.69 Å². The molecule has 4 rings (SSSR count). The number of thioether (sulfide) groups is 1. The monoisotopic (exact) mass is 463 g/mol. The van der Waals surface area contributed by atoms with Crippen LogP contribution in [0.15, 0.2) is 57.2 Å². The van der Waals surface area contributed by atoms with Gasteiger partial charge in [0, 0.05) is 28.3 Å². The number of thiophene rings is 1. The van der Waals surface area contributed by atoms with Gasteiger partial charge in [-0.15, -0.1) is 23.1 Å². The molecule has 0 amide bonds. The minimum atomic E-state index is -0.405. The summed E-state index contributed by atoms with van der Waals surface area (Å²) < 4.78 is 1.14. The topological polar surface area (TPSA) is 70.1 Å². The highest BCUT2D eigenvalue weighted by molar-refractivity contribution is 8.00. The van der Waals surface area contributed by atoms with Crippen LogP contribution in [-0.2, 0) is 11.2 Å². The third-order valence-corrected chi connectivity index (χ3v) is 8.55. The van der Waals surface area contributed by atoms with E-state index in [-0.39, 0.29) is 11.2 Å². The molecule has 32 heavy (non-hydrogen) atoms. The van der Waals surface area contributed by atoms with Crippen molar-refractivity contribution in [2.75, 3.05) is 11.2 Å². The van der Waals surface area contributed by atoms with Crippen molar-refractivity contribution in [2.45, 2.75) is 57.1 Å². The second-order valence-electron chi connectivity index (χ2n) is 9.30. The van der Waals surface area contributed by atoms with E-state index in [0.29, 0.717) is 17.8 Å². The molecule has 1 atom stereocenters. The molecule has 1 aromatic carbocycles. The van der Waals surface area contributed by atoms with Crippen LogP contribution in [0.2, 0.25) is 0 Å². The highest BCUT2D eigenvalue weighted by Gasteiger charge is 2.45. The Bertz CT molecular complexity index is 1180. The van der Waals surface area contributed by atoms with Gasteiger partial charge < -0.3 is 5.73 Å². The van der Waals surface area contributed by atoms with Gasteiger partial charge in [-0.3, -0.25) is 9.69 Å². The van der Waals surface area contributed by atoms with E-state index >= 15 is 0 Å². The molecule has 166 valence electrons. The van der Waals surface area contributed by atoms with Crippen LogP contribution < -0.4 is 10.6 Å². The van der Waals surface area contributed by atoms with E-state index in [1.54, 1.807) is 23.1 Å². The lowest BCUT2D eigenvalue weighted by Gasteiger charge is -2.43. The van der Waals surface area contributed by atoms with Gasteiger partial charge in [0.05, 0.1) is 21.8 Å². The zero-order valence-corrected chi connectivity index (χ0v) is 20.9. The summed E-state index contributed by atoms with van der Waals surface area (Å²) >= 11 is 3.37. The molecule has 1 aromatic heterocycles. The predicted octanol–water partition coefficient (Wildman–Crippen LogP) is 6.28. The van der Waals surface area contributed by atoms with E-state index < -0.39 is 5.92 Å². The maximum absolute atomic E-state index is 13.6. The molecule has 4 nitrogen and oxygen atoms in total. The Morgan fingerprint density at radius 2 is 1.97 bits per heavy atom. The Hall–Kier alpha value is -2.49. The molecular weight excluding hydrogens is 434 g/mol. The molecule has 0 radical (unpaired) electrons. The number of Topliss-reactive ketones (excluding diaryl/α,β-unsaturated/α-hetero) is 1. The summed E-state index contributed by atoms with van der Waals surface area (Å²) in [5.74, 6) is 0.145. The Morgan fingerprint density at radius 3 is 2.56 bits per heavy atom. The number of nitriles is 1. The van der Waals surface area contributed by atoms with Gasteiger partial charge in [0.25, 0.3) is 0 Å². The molecule has 1 aliphatic carbocycles. The molecule has 1 unspecified atom stereocenters. The summed E-state index contributed by atoms with van der Waals surface area (Å²) in [7, 11) is 0. The van der Waals surface area contributed by atoms with Crippen molar-refractivity contribution in [3.8, 4) is 6.07 Å². The zero-order valence-electron chi connectivity index (χ0n) is 19.3. The quantitative estimate of drug-likeness (QED) is 0.540. The number of carbonyl (C=O) groups is 1. The number of aryl methyl sites for hydroxylation is 2. The van der Waals surface area contributed by atoms with E-state index in [4.69, 9.17) is 5.73 Å². The maximum Gasteiger partial charge on any atom is 0.162 e. The molecule has 1 aliphatic heterocycles. The van der Waals surface area contributed by atoms with Crippen molar-refractivity contribution in [3.63, 3.8) is 0 Å². The number of anilines is 1. The summed E-state index contributed by atoms with van der Waals surface area (Å²) in [5.41, 5.74) is 11.9. The number of hydrogen-bond donors (Lipinski definition) is 1. The average Bonchev–Trinajstić information content (AvgIpc) is 3.12. The average molecular weight is 464 g/mol. The van der Waals surface area contributed by atoms with Gasteiger partial charge in [0.1, 0.15) is 5.82 Å². The van der Waals surface area contributed by atoms with Crippen LogP contribution in [0.1, 0.15) is 55.5 Å². The number of nitrogens with zero attached hydrogens (tertiary/aromatic N) is 2. The first kappa shape index (κ1) is 22.7. The molecule has 2 N–H and O–H groups in total. The SMILES string of the molecule is CCc1ccc(N2C(N)=C(C#N)C(c3cc(C)sc3SC)C3=C2CC(C)(C)CC3=O)cc1. The minimum Gasteiger partial charge on any atom is -0.384 e. The molecule has 0 saturated carbocycles. The van der Waals surface area contributed by atoms with Crippen LogP contribution in [0.25, 0.3) is 0 Å². The first-order valence-corrected chi connectivity index (χ1v) is 12.9. The van der Waals surface area contributed by atoms with E-state index in [2.05, 4.69) is 52.0 Å². The Morgan fingerprint density at radius 1 is 1.28 bits per heavy atom. The summed E-state index contributed by atoms with van der Waals surface area (Å²) in [6.45, 7) is 8.45. The lowest BCUT2D eigenvalue weighted by molar-refractivity contribution is -0.118. The third-order valence-electron chi connectivity index (χ3n) is 6.33. The Kier molecular flexibility index (Phi) is 6.00. The fraction of sp³-hybridized carbons (Fsp3) is 0.385. The first-order valence-electron chi connectivity index (χ1n) is 10.9. The van der Waals surface area contributed by atoms with Gasteiger partial charge in [0.2, 0.25) is 0 Å². The number of nitrogens with two attached hydrogens (primary N) is 1. The van der Waals surface area contributed by atoms with Crippen LogP contribution >= 0.6 is 23.1 Å². The molecular formula is C26H29N3OS2. The fourth-order valence-electron chi connectivity index (χ4n) is 4.87. The molecule has 0 fully saturated rings. The number of carbonyl (C=O) groups excluding carboxylic acids is 1. The van der Waals surface area contributed by atoms with E-state index in [9.17, 15) is 10.1 Å².